The van der Waals surface area contributed by atoms with Crippen LogP contribution in [0.3, 0.4) is 0 Å². The van der Waals surface area contributed by atoms with Gasteiger partial charge in [-0.15, -0.1) is 10.2 Å². The molecule has 0 bridgehead atoms. The molecular formula is C9H7BrN2O2. The first kappa shape index (κ1) is 9.21. The predicted octanol–water partition coefficient (Wildman–Crippen LogP) is 2.41. The highest BCUT2D eigenvalue weighted by atomic mass is 79.9. The van der Waals surface area contributed by atoms with Gasteiger partial charge in [-0.2, -0.15) is 0 Å². The molecule has 0 aliphatic carbocycles. The molecule has 0 aliphatic heterocycles. The van der Waals surface area contributed by atoms with Crippen molar-refractivity contribution in [1.82, 2.24) is 10.2 Å². The monoisotopic (exact) mass is 254 g/mol. The Labute approximate surface area is 89.0 Å². The fourth-order valence-corrected chi connectivity index (χ4v) is 1.22. The van der Waals surface area contributed by atoms with E-state index in [2.05, 4.69) is 26.1 Å². The molecule has 4 nitrogen and oxygen atoms in total. The van der Waals surface area contributed by atoms with Crippen LogP contribution in [0.15, 0.2) is 39.5 Å². The minimum atomic E-state index is 0.280. The van der Waals surface area contributed by atoms with Gasteiger partial charge in [0.25, 0.3) is 10.7 Å². The zero-order valence-corrected chi connectivity index (χ0v) is 8.77. The zero-order valence-electron chi connectivity index (χ0n) is 7.18. The summed E-state index contributed by atoms with van der Waals surface area (Å²) in [6.45, 7) is 0.280. The third-order valence-electron chi connectivity index (χ3n) is 1.55. The van der Waals surface area contributed by atoms with Crippen LogP contribution in [0.2, 0.25) is 0 Å². The molecule has 72 valence electrons. The Morgan fingerprint density at radius 1 is 1.21 bits per heavy atom. The minimum Gasteiger partial charge on any atom is -0.484 e. The second-order valence-electron chi connectivity index (χ2n) is 2.55. The summed E-state index contributed by atoms with van der Waals surface area (Å²) in [5.41, 5.74) is 0. The van der Waals surface area contributed by atoms with Gasteiger partial charge in [-0.25, -0.2) is 0 Å². The van der Waals surface area contributed by atoms with Gasteiger partial charge in [0.1, 0.15) is 5.75 Å². The highest BCUT2D eigenvalue weighted by molar-refractivity contribution is 9.10. The first-order chi connectivity index (χ1) is 6.84. The Morgan fingerprint density at radius 3 is 2.64 bits per heavy atom. The summed E-state index contributed by atoms with van der Waals surface area (Å²) in [5.74, 6) is 1.22. The number of hydrogen-bond acceptors (Lipinski definition) is 4. The summed E-state index contributed by atoms with van der Waals surface area (Å²) >= 11 is 3.06. The lowest BCUT2D eigenvalue weighted by atomic mass is 10.3. The molecule has 0 saturated heterocycles. The van der Waals surface area contributed by atoms with Crippen LogP contribution in [0.5, 0.6) is 5.75 Å². The molecule has 5 heteroatoms. The smallest absolute Gasteiger partial charge is 0.284 e. The number of para-hydroxylation sites is 1. The molecule has 0 aliphatic rings. The summed E-state index contributed by atoms with van der Waals surface area (Å²) < 4.78 is 10.5. The van der Waals surface area contributed by atoms with Crippen LogP contribution in [0, 0.1) is 0 Å². The molecule has 0 unspecified atom stereocenters. The lowest BCUT2D eigenvalue weighted by molar-refractivity contribution is 0.260. The molecule has 0 amide bonds. The van der Waals surface area contributed by atoms with E-state index in [1.54, 1.807) is 0 Å². The second kappa shape index (κ2) is 4.23. The van der Waals surface area contributed by atoms with Crippen molar-refractivity contribution >= 4 is 15.9 Å². The van der Waals surface area contributed by atoms with Gasteiger partial charge in [0.15, 0.2) is 6.61 Å². The first-order valence-corrected chi connectivity index (χ1v) is 4.79. The van der Waals surface area contributed by atoms with E-state index in [0.29, 0.717) is 10.7 Å². The molecule has 2 rings (SSSR count). The third-order valence-corrected chi connectivity index (χ3v) is 1.87. The topological polar surface area (TPSA) is 48.2 Å². The maximum atomic E-state index is 5.39. The lowest BCUT2D eigenvalue weighted by Crippen LogP contribution is -1.95. The van der Waals surface area contributed by atoms with E-state index in [9.17, 15) is 0 Å². The molecule has 1 aromatic heterocycles. The van der Waals surface area contributed by atoms with Crippen LogP contribution in [0.4, 0.5) is 0 Å². The second-order valence-corrected chi connectivity index (χ2v) is 3.23. The van der Waals surface area contributed by atoms with Crippen molar-refractivity contribution in [3.8, 4) is 5.75 Å². The van der Waals surface area contributed by atoms with Crippen LogP contribution < -0.4 is 4.74 Å². The molecule has 0 atom stereocenters. The number of nitrogens with zero attached hydrogens (tertiary/aromatic N) is 2. The molecule has 1 aromatic carbocycles. The van der Waals surface area contributed by atoms with E-state index in [0.717, 1.165) is 5.75 Å². The number of hydrogen-bond donors (Lipinski definition) is 0. The summed E-state index contributed by atoms with van der Waals surface area (Å²) in [7, 11) is 0. The zero-order chi connectivity index (χ0) is 9.80. The van der Waals surface area contributed by atoms with Crippen LogP contribution in [0.25, 0.3) is 0 Å². The molecule has 14 heavy (non-hydrogen) atoms. The average molecular weight is 255 g/mol. The summed E-state index contributed by atoms with van der Waals surface area (Å²) in [6.07, 6.45) is 0. The first-order valence-electron chi connectivity index (χ1n) is 4.00. The lowest BCUT2D eigenvalue weighted by Gasteiger charge is -2.01. The third kappa shape index (κ3) is 2.32. The van der Waals surface area contributed by atoms with Gasteiger partial charge in [0, 0.05) is 15.9 Å². The molecule has 0 radical (unpaired) electrons. The number of aromatic nitrogens is 2. The fourth-order valence-electron chi connectivity index (χ4n) is 0.953. The Hall–Kier alpha value is -1.36. The SMILES string of the molecule is Brc1nnc(COc2ccccc2)o1. The minimum absolute atomic E-state index is 0.280. The van der Waals surface area contributed by atoms with Gasteiger partial charge in [-0.1, -0.05) is 18.2 Å². The van der Waals surface area contributed by atoms with Crippen molar-refractivity contribution in [3.05, 3.63) is 41.0 Å². The van der Waals surface area contributed by atoms with E-state index in [4.69, 9.17) is 9.15 Å². The van der Waals surface area contributed by atoms with Gasteiger partial charge in [-0.05, 0) is 12.1 Å². The van der Waals surface area contributed by atoms with Crippen molar-refractivity contribution in [3.63, 3.8) is 0 Å². The Bertz CT molecular complexity index is 402. The maximum Gasteiger partial charge on any atom is 0.284 e. The van der Waals surface area contributed by atoms with Gasteiger partial charge in [-0.3, -0.25) is 0 Å². The predicted molar refractivity (Wildman–Crippen MR) is 52.8 cm³/mol. The van der Waals surface area contributed by atoms with E-state index in [1.165, 1.54) is 0 Å². The standard InChI is InChI=1S/C9H7BrN2O2/c10-9-12-11-8(14-9)6-13-7-4-2-1-3-5-7/h1-5H,6H2. The normalized spacial score (nSPS) is 10.1. The average Bonchev–Trinajstić information content (AvgIpc) is 2.63. The van der Waals surface area contributed by atoms with Gasteiger partial charge >= 0.3 is 0 Å². The molecule has 0 saturated carbocycles. The van der Waals surface area contributed by atoms with Crippen LogP contribution >= 0.6 is 15.9 Å². The fraction of sp³-hybridized carbons (Fsp3) is 0.111. The van der Waals surface area contributed by atoms with Crippen molar-refractivity contribution in [2.24, 2.45) is 0 Å². The van der Waals surface area contributed by atoms with Gasteiger partial charge < -0.3 is 9.15 Å². The van der Waals surface area contributed by atoms with Crippen LogP contribution in [-0.2, 0) is 6.61 Å². The van der Waals surface area contributed by atoms with Crippen molar-refractivity contribution in [2.45, 2.75) is 6.61 Å². The van der Waals surface area contributed by atoms with Crippen molar-refractivity contribution in [2.75, 3.05) is 0 Å². The molecule has 0 fully saturated rings. The summed E-state index contributed by atoms with van der Waals surface area (Å²) in [4.78, 5) is 0.365. The van der Waals surface area contributed by atoms with E-state index < -0.39 is 0 Å². The molecule has 2 aromatic rings. The van der Waals surface area contributed by atoms with E-state index in [-0.39, 0.29) is 6.61 Å². The number of benzene rings is 1. The molecule has 0 N–H and O–H groups in total. The highest BCUT2D eigenvalue weighted by Crippen LogP contribution is 2.12. The number of rotatable bonds is 3. The van der Waals surface area contributed by atoms with Crippen molar-refractivity contribution < 1.29 is 9.15 Å². The highest BCUT2D eigenvalue weighted by Gasteiger charge is 2.03. The largest absolute Gasteiger partial charge is 0.484 e. The van der Waals surface area contributed by atoms with E-state index >= 15 is 0 Å². The number of halogens is 1. The maximum absolute atomic E-state index is 5.39. The van der Waals surface area contributed by atoms with Gasteiger partial charge in [0.2, 0.25) is 0 Å². The van der Waals surface area contributed by atoms with Crippen molar-refractivity contribution in [1.29, 1.82) is 0 Å². The Balaban J connectivity index is 1.95. The summed E-state index contributed by atoms with van der Waals surface area (Å²) in [5, 5.41) is 7.39. The Kier molecular flexibility index (Phi) is 2.78. The van der Waals surface area contributed by atoms with Crippen LogP contribution in [-0.4, -0.2) is 10.2 Å². The molecular weight excluding hydrogens is 248 g/mol. The van der Waals surface area contributed by atoms with Gasteiger partial charge in [0.05, 0.1) is 0 Å². The number of ether oxygens (including phenoxy) is 1. The molecule has 0 spiro atoms. The quantitative estimate of drug-likeness (QED) is 0.844. The van der Waals surface area contributed by atoms with E-state index in [1.807, 2.05) is 30.3 Å². The summed E-state index contributed by atoms with van der Waals surface area (Å²) in [6, 6.07) is 9.46. The molecule has 1 heterocycles. The Morgan fingerprint density at radius 2 is 2.00 bits per heavy atom. The van der Waals surface area contributed by atoms with Crippen LogP contribution in [0.1, 0.15) is 5.89 Å².